The van der Waals surface area contributed by atoms with E-state index in [0.717, 1.165) is 0 Å². The summed E-state index contributed by atoms with van der Waals surface area (Å²) in [5.74, 6) is 0.453. The molecule has 1 aliphatic rings. The molecule has 0 saturated heterocycles. The van der Waals surface area contributed by atoms with Gasteiger partial charge in [-0.15, -0.1) is 0 Å². The first kappa shape index (κ1) is 12.6. The third-order valence-corrected chi connectivity index (χ3v) is 3.52. The van der Waals surface area contributed by atoms with Gasteiger partial charge < -0.3 is 0 Å². The number of halogens is 1. The van der Waals surface area contributed by atoms with E-state index >= 15 is 0 Å². The molecule has 1 aromatic carbocycles. The van der Waals surface area contributed by atoms with Crippen LogP contribution in [0.1, 0.15) is 44.6 Å². The van der Waals surface area contributed by atoms with Crippen LogP contribution in [-0.4, -0.2) is 24.0 Å². The standard InChI is InChI=1S/C15H22FN/c1-3-8-17(9-4-2)15-11-14(15)12-6-5-7-13(16)10-12/h5-7,10,14-15H,3-4,8-9,11H2,1-2H3. The van der Waals surface area contributed by atoms with Crippen molar-refractivity contribution in [3.8, 4) is 0 Å². The molecule has 2 rings (SSSR count). The third kappa shape index (κ3) is 3.06. The lowest BCUT2D eigenvalue weighted by molar-refractivity contribution is 0.260. The van der Waals surface area contributed by atoms with Crippen molar-refractivity contribution in [3.63, 3.8) is 0 Å². The van der Waals surface area contributed by atoms with Gasteiger partial charge in [0.25, 0.3) is 0 Å². The summed E-state index contributed by atoms with van der Waals surface area (Å²) in [6.45, 7) is 6.79. The predicted molar refractivity (Wildman–Crippen MR) is 69.7 cm³/mol. The van der Waals surface area contributed by atoms with Gasteiger partial charge in [-0.25, -0.2) is 4.39 Å². The van der Waals surface area contributed by atoms with Gasteiger partial charge in [0.15, 0.2) is 0 Å². The molecule has 2 atom stereocenters. The highest BCUT2D eigenvalue weighted by atomic mass is 19.1. The predicted octanol–water partition coefficient (Wildman–Crippen LogP) is 3.80. The molecule has 0 radical (unpaired) electrons. The van der Waals surface area contributed by atoms with Crippen LogP contribution in [0.25, 0.3) is 0 Å². The van der Waals surface area contributed by atoms with Crippen LogP contribution in [0.2, 0.25) is 0 Å². The molecular formula is C15H22FN. The van der Waals surface area contributed by atoms with Gasteiger partial charge in [-0.05, 0) is 50.0 Å². The lowest BCUT2D eigenvalue weighted by Crippen LogP contribution is -2.28. The number of hydrogen-bond donors (Lipinski definition) is 0. The van der Waals surface area contributed by atoms with Crippen LogP contribution in [0.4, 0.5) is 4.39 Å². The Bertz CT molecular complexity index is 358. The van der Waals surface area contributed by atoms with Crippen molar-refractivity contribution < 1.29 is 4.39 Å². The smallest absolute Gasteiger partial charge is 0.123 e. The minimum Gasteiger partial charge on any atom is -0.300 e. The van der Waals surface area contributed by atoms with Crippen LogP contribution >= 0.6 is 0 Å². The molecule has 1 nitrogen and oxygen atoms in total. The van der Waals surface area contributed by atoms with Gasteiger partial charge in [0.1, 0.15) is 5.82 Å². The molecule has 0 spiro atoms. The van der Waals surface area contributed by atoms with Crippen LogP contribution < -0.4 is 0 Å². The molecule has 0 N–H and O–H groups in total. The first-order valence-electron chi connectivity index (χ1n) is 6.75. The molecule has 2 unspecified atom stereocenters. The average Bonchev–Trinajstić information content (AvgIpc) is 3.09. The minimum absolute atomic E-state index is 0.106. The molecule has 1 aromatic rings. The second-order valence-electron chi connectivity index (χ2n) is 5.00. The first-order chi connectivity index (χ1) is 8.26. The van der Waals surface area contributed by atoms with E-state index in [4.69, 9.17) is 0 Å². The molecular weight excluding hydrogens is 213 g/mol. The summed E-state index contributed by atoms with van der Waals surface area (Å²) >= 11 is 0. The van der Waals surface area contributed by atoms with Crippen molar-refractivity contribution in [3.05, 3.63) is 35.6 Å². The van der Waals surface area contributed by atoms with Crippen LogP contribution in [0.3, 0.4) is 0 Å². The van der Waals surface area contributed by atoms with Gasteiger partial charge in [0.2, 0.25) is 0 Å². The van der Waals surface area contributed by atoms with Crippen LogP contribution in [0, 0.1) is 5.82 Å². The zero-order chi connectivity index (χ0) is 12.3. The summed E-state index contributed by atoms with van der Waals surface area (Å²) in [6.07, 6.45) is 3.60. The highest BCUT2D eigenvalue weighted by Crippen LogP contribution is 2.44. The van der Waals surface area contributed by atoms with E-state index in [1.165, 1.54) is 44.0 Å². The maximum atomic E-state index is 13.2. The monoisotopic (exact) mass is 235 g/mol. The van der Waals surface area contributed by atoms with Gasteiger partial charge in [-0.1, -0.05) is 26.0 Å². The second kappa shape index (κ2) is 5.63. The number of rotatable bonds is 6. The Morgan fingerprint density at radius 1 is 1.24 bits per heavy atom. The minimum atomic E-state index is -0.106. The van der Waals surface area contributed by atoms with E-state index in [1.54, 1.807) is 6.07 Å². The van der Waals surface area contributed by atoms with Gasteiger partial charge >= 0.3 is 0 Å². The SMILES string of the molecule is CCCN(CCC)C1CC1c1cccc(F)c1. The summed E-state index contributed by atoms with van der Waals surface area (Å²) in [5, 5.41) is 0. The largest absolute Gasteiger partial charge is 0.300 e. The summed E-state index contributed by atoms with van der Waals surface area (Å²) in [7, 11) is 0. The summed E-state index contributed by atoms with van der Waals surface area (Å²) in [6, 6.07) is 7.75. The van der Waals surface area contributed by atoms with Crippen LogP contribution in [-0.2, 0) is 0 Å². The van der Waals surface area contributed by atoms with Gasteiger partial charge in [-0.2, -0.15) is 0 Å². The molecule has 0 bridgehead atoms. The Kier molecular flexibility index (Phi) is 4.16. The lowest BCUT2D eigenvalue weighted by Gasteiger charge is -2.21. The average molecular weight is 235 g/mol. The van der Waals surface area contributed by atoms with Crippen molar-refractivity contribution in [1.29, 1.82) is 0 Å². The van der Waals surface area contributed by atoms with E-state index in [-0.39, 0.29) is 5.82 Å². The molecule has 1 saturated carbocycles. The normalized spacial score (nSPS) is 23.1. The summed E-state index contributed by atoms with van der Waals surface area (Å²) in [5.41, 5.74) is 1.17. The van der Waals surface area contributed by atoms with E-state index < -0.39 is 0 Å². The quantitative estimate of drug-likeness (QED) is 0.725. The van der Waals surface area contributed by atoms with E-state index in [0.29, 0.717) is 12.0 Å². The molecule has 1 aliphatic carbocycles. The zero-order valence-electron chi connectivity index (χ0n) is 10.8. The van der Waals surface area contributed by atoms with Gasteiger partial charge in [-0.3, -0.25) is 4.90 Å². The Morgan fingerprint density at radius 2 is 1.94 bits per heavy atom. The fourth-order valence-corrected chi connectivity index (χ4v) is 2.70. The summed E-state index contributed by atoms with van der Waals surface area (Å²) < 4.78 is 13.2. The highest BCUT2D eigenvalue weighted by molar-refractivity contribution is 5.28. The molecule has 0 aliphatic heterocycles. The maximum absolute atomic E-state index is 13.2. The van der Waals surface area contributed by atoms with Crippen molar-refractivity contribution in [2.24, 2.45) is 0 Å². The molecule has 17 heavy (non-hydrogen) atoms. The Balaban J connectivity index is 1.98. The number of nitrogens with zero attached hydrogens (tertiary/aromatic N) is 1. The van der Waals surface area contributed by atoms with Gasteiger partial charge in [0, 0.05) is 12.0 Å². The maximum Gasteiger partial charge on any atom is 0.123 e. The highest BCUT2D eigenvalue weighted by Gasteiger charge is 2.41. The molecule has 0 aromatic heterocycles. The van der Waals surface area contributed by atoms with Gasteiger partial charge in [0.05, 0.1) is 0 Å². The van der Waals surface area contributed by atoms with Crippen molar-refractivity contribution in [2.45, 2.75) is 45.1 Å². The molecule has 94 valence electrons. The fraction of sp³-hybridized carbons (Fsp3) is 0.600. The number of hydrogen-bond acceptors (Lipinski definition) is 1. The molecule has 1 fully saturated rings. The van der Waals surface area contributed by atoms with E-state index in [1.807, 2.05) is 6.07 Å². The second-order valence-corrected chi connectivity index (χ2v) is 5.00. The lowest BCUT2D eigenvalue weighted by atomic mass is 10.1. The van der Waals surface area contributed by atoms with Crippen LogP contribution in [0.5, 0.6) is 0 Å². The number of benzene rings is 1. The fourth-order valence-electron chi connectivity index (χ4n) is 2.70. The Labute approximate surface area is 104 Å². The third-order valence-electron chi connectivity index (χ3n) is 3.52. The van der Waals surface area contributed by atoms with Crippen molar-refractivity contribution >= 4 is 0 Å². The molecule has 0 amide bonds. The molecule has 2 heteroatoms. The zero-order valence-corrected chi connectivity index (χ0v) is 10.8. The summed E-state index contributed by atoms with van der Waals surface area (Å²) in [4.78, 5) is 2.57. The van der Waals surface area contributed by atoms with Crippen molar-refractivity contribution in [2.75, 3.05) is 13.1 Å². The van der Waals surface area contributed by atoms with Crippen LogP contribution in [0.15, 0.2) is 24.3 Å². The van der Waals surface area contributed by atoms with E-state index in [9.17, 15) is 4.39 Å². The topological polar surface area (TPSA) is 3.24 Å². The Hall–Kier alpha value is -0.890. The van der Waals surface area contributed by atoms with E-state index in [2.05, 4.69) is 24.8 Å². The molecule has 0 heterocycles. The first-order valence-corrected chi connectivity index (χ1v) is 6.75. The van der Waals surface area contributed by atoms with Crippen molar-refractivity contribution in [1.82, 2.24) is 4.90 Å². The Morgan fingerprint density at radius 3 is 2.53 bits per heavy atom.